The third-order valence-electron chi connectivity index (χ3n) is 4.85. The van der Waals surface area contributed by atoms with E-state index in [2.05, 4.69) is 0 Å². The molecule has 2 aromatic carbocycles. The van der Waals surface area contributed by atoms with Gasteiger partial charge in [-0.1, -0.05) is 17.7 Å². The molecule has 1 saturated heterocycles. The van der Waals surface area contributed by atoms with Crippen LogP contribution in [0.25, 0.3) is 0 Å². The summed E-state index contributed by atoms with van der Waals surface area (Å²) in [4.78, 5) is 16.1. The van der Waals surface area contributed by atoms with Crippen LogP contribution in [0.15, 0.2) is 42.5 Å². The van der Waals surface area contributed by atoms with E-state index in [4.69, 9.17) is 23.8 Å². The molecule has 2 fully saturated rings. The number of carbonyl (C=O) groups excluding carboxylic acids is 1. The predicted octanol–water partition coefficient (Wildman–Crippen LogP) is 4.68. The average Bonchev–Trinajstić information content (AvgIpc) is 2.79. The molecule has 4 rings (SSSR count). The number of benzene rings is 2. The van der Waals surface area contributed by atoms with Crippen molar-refractivity contribution in [1.82, 2.24) is 0 Å². The van der Waals surface area contributed by atoms with Crippen LogP contribution in [0.2, 0.25) is 5.02 Å². The summed E-state index contributed by atoms with van der Waals surface area (Å²) in [5.41, 5.74) is -0.174. The molecule has 25 heavy (non-hydrogen) atoms. The maximum atomic E-state index is 14.5. The summed E-state index contributed by atoms with van der Waals surface area (Å²) in [6.45, 7) is 0. The molecule has 1 aliphatic carbocycles. The first kappa shape index (κ1) is 16.4. The fraction of sp³-hybridized carbons (Fsp3) is 0.222. The molecule has 0 bridgehead atoms. The van der Waals surface area contributed by atoms with Crippen LogP contribution in [0.5, 0.6) is 0 Å². The first-order valence-corrected chi connectivity index (χ1v) is 8.63. The molecule has 1 heterocycles. The van der Waals surface area contributed by atoms with E-state index < -0.39 is 11.4 Å². The number of anilines is 2. The molecule has 1 saturated carbocycles. The molecular weight excluding hydrogens is 366 g/mol. The molecular formula is C18H13ClF2N2OS. The first-order chi connectivity index (χ1) is 12.0. The van der Waals surface area contributed by atoms with Gasteiger partial charge in [-0.3, -0.25) is 9.69 Å². The van der Waals surface area contributed by atoms with Crippen LogP contribution in [0.4, 0.5) is 20.2 Å². The highest BCUT2D eigenvalue weighted by Gasteiger charge is 2.59. The number of halogens is 3. The highest BCUT2D eigenvalue weighted by atomic mass is 35.5. The summed E-state index contributed by atoms with van der Waals surface area (Å²) in [6, 6.07) is 10.3. The monoisotopic (exact) mass is 378 g/mol. The van der Waals surface area contributed by atoms with E-state index in [1.54, 1.807) is 23.1 Å². The van der Waals surface area contributed by atoms with Crippen molar-refractivity contribution >= 4 is 46.2 Å². The van der Waals surface area contributed by atoms with E-state index in [0.29, 0.717) is 18.5 Å². The lowest BCUT2D eigenvalue weighted by Gasteiger charge is -2.43. The van der Waals surface area contributed by atoms with Crippen molar-refractivity contribution in [3.63, 3.8) is 0 Å². The second-order valence-electron chi connectivity index (χ2n) is 6.19. The third-order valence-corrected chi connectivity index (χ3v) is 5.51. The van der Waals surface area contributed by atoms with Crippen LogP contribution >= 0.6 is 23.8 Å². The van der Waals surface area contributed by atoms with Gasteiger partial charge in [-0.25, -0.2) is 8.78 Å². The van der Waals surface area contributed by atoms with Gasteiger partial charge in [0.2, 0.25) is 0 Å². The largest absolute Gasteiger partial charge is 0.303 e. The Labute approximate surface area is 153 Å². The van der Waals surface area contributed by atoms with Crippen molar-refractivity contribution in [3.8, 4) is 0 Å². The van der Waals surface area contributed by atoms with Gasteiger partial charge in [0.25, 0.3) is 5.91 Å². The summed E-state index contributed by atoms with van der Waals surface area (Å²) in [5.74, 6) is -1.33. The van der Waals surface area contributed by atoms with Crippen molar-refractivity contribution in [2.24, 2.45) is 0 Å². The van der Waals surface area contributed by atoms with Gasteiger partial charge in [-0.15, -0.1) is 0 Å². The van der Waals surface area contributed by atoms with Gasteiger partial charge in [0.1, 0.15) is 11.4 Å². The first-order valence-electron chi connectivity index (χ1n) is 7.84. The molecule has 1 amide bonds. The van der Waals surface area contributed by atoms with Crippen molar-refractivity contribution in [1.29, 1.82) is 0 Å². The number of hydrogen-bond acceptors (Lipinski definition) is 2. The van der Waals surface area contributed by atoms with E-state index in [-0.39, 0.29) is 27.5 Å². The van der Waals surface area contributed by atoms with E-state index in [0.717, 1.165) is 6.42 Å². The van der Waals surface area contributed by atoms with E-state index in [9.17, 15) is 13.6 Å². The number of hydrogen-bond donors (Lipinski definition) is 0. The number of carbonyl (C=O) groups is 1. The van der Waals surface area contributed by atoms with Gasteiger partial charge in [0, 0.05) is 5.69 Å². The molecule has 2 aromatic rings. The number of rotatable bonds is 2. The highest BCUT2D eigenvalue weighted by Crippen LogP contribution is 2.48. The molecule has 3 nitrogen and oxygen atoms in total. The standard InChI is InChI=1S/C18H13ClF2N2OS/c19-13-3-1-4-14(15(13)21)22-16(24)18(9-2-10-18)23(17(22)25)12-7-5-11(20)6-8-12/h1,3-8H,2,9-10H2. The van der Waals surface area contributed by atoms with Gasteiger partial charge < -0.3 is 4.90 Å². The summed E-state index contributed by atoms with van der Waals surface area (Å²) in [7, 11) is 0. The van der Waals surface area contributed by atoms with Crippen molar-refractivity contribution < 1.29 is 13.6 Å². The van der Waals surface area contributed by atoms with Crippen molar-refractivity contribution in [3.05, 3.63) is 59.1 Å². The zero-order chi connectivity index (χ0) is 17.8. The molecule has 0 unspecified atom stereocenters. The lowest BCUT2D eigenvalue weighted by Crippen LogP contribution is -2.55. The van der Waals surface area contributed by atoms with Crippen LogP contribution in [0, 0.1) is 11.6 Å². The predicted molar refractivity (Wildman–Crippen MR) is 97.0 cm³/mol. The Morgan fingerprint density at radius 2 is 1.76 bits per heavy atom. The fourth-order valence-corrected chi connectivity index (χ4v) is 4.08. The quantitative estimate of drug-likeness (QED) is 0.709. The number of amides is 1. The summed E-state index contributed by atoms with van der Waals surface area (Å²) in [6.07, 6.45) is 2.10. The maximum absolute atomic E-state index is 14.5. The topological polar surface area (TPSA) is 23.6 Å². The number of nitrogens with zero attached hydrogens (tertiary/aromatic N) is 2. The minimum atomic E-state index is -0.830. The molecule has 0 N–H and O–H groups in total. The van der Waals surface area contributed by atoms with Gasteiger partial charge in [-0.2, -0.15) is 0 Å². The summed E-state index contributed by atoms with van der Waals surface area (Å²) < 4.78 is 27.8. The fourth-order valence-electron chi connectivity index (χ4n) is 3.45. The Bertz CT molecular complexity index is 883. The van der Waals surface area contributed by atoms with Gasteiger partial charge in [0.05, 0.1) is 10.7 Å². The zero-order valence-corrected chi connectivity index (χ0v) is 14.6. The molecule has 128 valence electrons. The Morgan fingerprint density at radius 3 is 2.36 bits per heavy atom. The molecule has 1 aliphatic heterocycles. The van der Waals surface area contributed by atoms with Gasteiger partial charge in [-0.05, 0) is 67.9 Å². The molecule has 0 atom stereocenters. The minimum Gasteiger partial charge on any atom is -0.303 e. The highest BCUT2D eigenvalue weighted by molar-refractivity contribution is 7.81. The molecule has 1 spiro atoms. The lowest BCUT2D eigenvalue weighted by molar-refractivity contribution is -0.123. The normalized spacial score (nSPS) is 18.8. The second kappa shape index (κ2) is 5.75. The average molecular weight is 379 g/mol. The Morgan fingerprint density at radius 1 is 1.08 bits per heavy atom. The minimum absolute atomic E-state index is 0.0402. The molecule has 2 aliphatic rings. The van der Waals surface area contributed by atoms with E-state index in [1.165, 1.54) is 29.2 Å². The summed E-state index contributed by atoms with van der Waals surface area (Å²) in [5, 5.41) is 0.105. The van der Waals surface area contributed by atoms with Crippen molar-refractivity contribution in [2.45, 2.75) is 24.8 Å². The van der Waals surface area contributed by atoms with Crippen molar-refractivity contribution in [2.75, 3.05) is 9.80 Å². The van der Waals surface area contributed by atoms with E-state index >= 15 is 0 Å². The zero-order valence-electron chi connectivity index (χ0n) is 13.0. The van der Waals surface area contributed by atoms with Gasteiger partial charge in [0.15, 0.2) is 10.9 Å². The molecule has 7 heteroatoms. The van der Waals surface area contributed by atoms with E-state index in [1.807, 2.05) is 0 Å². The SMILES string of the molecule is O=C1N(c2cccc(Cl)c2F)C(=S)N(c2ccc(F)cc2)C12CCC2. The van der Waals surface area contributed by atoms with Crippen LogP contribution in [-0.2, 0) is 4.79 Å². The lowest BCUT2D eigenvalue weighted by atomic mass is 9.75. The Balaban J connectivity index is 1.84. The molecule has 0 aromatic heterocycles. The van der Waals surface area contributed by atoms with Crippen LogP contribution in [-0.4, -0.2) is 16.6 Å². The van der Waals surface area contributed by atoms with Crippen LogP contribution < -0.4 is 9.80 Å². The van der Waals surface area contributed by atoms with Crippen LogP contribution in [0.3, 0.4) is 0 Å². The third kappa shape index (κ3) is 2.28. The summed E-state index contributed by atoms with van der Waals surface area (Å²) >= 11 is 11.4. The smallest absolute Gasteiger partial charge is 0.259 e. The van der Waals surface area contributed by atoms with Crippen LogP contribution in [0.1, 0.15) is 19.3 Å². The second-order valence-corrected chi connectivity index (χ2v) is 6.97. The Kier molecular flexibility index (Phi) is 3.77. The molecule has 0 radical (unpaired) electrons. The number of thiocarbonyl (C=S) groups is 1. The maximum Gasteiger partial charge on any atom is 0.259 e. The van der Waals surface area contributed by atoms with Gasteiger partial charge >= 0.3 is 0 Å². The Hall–Kier alpha value is -2.05.